The molecule has 0 aliphatic rings. The highest BCUT2D eigenvalue weighted by Crippen LogP contribution is 2.13. The number of carbonyl (C=O) groups excluding carboxylic acids is 1. The molecule has 1 aromatic heterocycles. The van der Waals surface area contributed by atoms with E-state index in [2.05, 4.69) is 26.3 Å². The molecule has 4 nitrogen and oxygen atoms in total. The molecule has 0 atom stereocenters. The predicted molar refractivity (Wildman–Crippen MR) is 44.3 cm³/mol. The zero-order valence-electron chi connectivity index (χ0n) is 6.26. The second-order valence-corrected chi connectivity index (χ2v) is 2.80. The quantitative estimate of drug-likeness (QED) is 0.747. The van der Waals surface area contributed by atoms with Crippen molar-refractivity contribution >= 4 is 21.8 Å². The average molecular weight is 218 g/mol. The fourth-order valence-corrected chi connectivity index (χ4v) is 1.08. The fraction of sp³-hybridized carbons (Fsp3) is 0.333. The average Bonchev–Trinajstić information content (AvgIpc) is 2.32. The maximum absolute atomic E-state index is 11.1. The van der Waals surface area contributed by atoms with Crippen molar-refractivity contribution in [3.63, 3.8) is 0 Å². The van der Waals surface area contributed by atoms with Crippen LogP contribution in [0, 0.1) is 0 Å². The van der Waals surface area contributed by atoms with Gasteiger partial charge < -0.3 is 5.32 Å². The maximum atomic E-state index is 11.1. The summed E-state index contributed by atoms with van der Waals surface area (Å²) in [6.07, 6.45) is 1.52. The van der Waals surface area contributed by atoms with Gasteiger partial charge >= 0.3 is 0 Å². The molecule has 0 spiro atoms. The molecule has 1 N–H and O–H groups in total. The molecule has 0 radical (unpaired) electrons. The molecule has 1 aromatic rings. The first-order valence-electron chi connectivity index (χ1n) is 3.06. The van der Waals surface area contributed by atoms with E-state index in [4.69, 9.17) is 0 Å². The minimum Gasteiger partial charge on any atom is -0.355 e. The smallest absolute Gasteiger partial charge is 0.255 e. The van der Waals surface area contributed by atoms with Gasteiger partial charge in [-0.3, -0.25) is 9.48 Å². The Labute approximate surface area is 72.7 Å². The van der Waals surface area contributed by atoms with E-state index in [-0.39, 0.29) is 5.91 Å². The van der Waals surface area contributed by atoms with Crippen LogP contribution in [0.1, 0.15) is 10.4 Å². The number of aryl methyl sites for hydroxylation is 1. The van der Waals surface area contributed by atoms with E-state index in [1.54, 1.807) is 18.8 Å². The molecule has 0 aliphatic heterocycles. The molecule has 0 saturated carbocycles. The van der Waals surface area contributed by atoms with Crippen LogP contribution in [0.2, 0.25) is 0 Å². The van der Waals surface area contributed by atoms with Crippen molar-refractivity contribution in [2.45, 2.75) is 0 Å². The SMILES string of the molecule is CNC(=O)c1cnn(C)c1Br. The lowest BCUT2D eigenvalue weighted by Crippen LogP contribution is -2.17. The molecule has 0 bridgehead atoms. The molecule has 1 heterocycles. The van der Waals surface area contributed by atoms with E-state index in [0.717, 1.165) is 0 Å². The number of hydrogen-bond acceptors (Lipinski definition) is 2. The van der Waals surface area contributed by atoms with Crippen LogP contribution in [-0.4, -0.2) is 22.7 Å². The Kier molecular flexibility index (Phi) is 2.28. The van der Waals surface area contributed by atoms with Crippen LogP contribution in [0.5, 0.6) is 0 Å². The summed E-state index contributed by atoms with van der Waals surface area (Å²) in [5, 5.41) is 6.41. The summed E-state index contributed by atoms with van der Waals surface area (Å²) in [4.78, 5) is 11.1. The van der Waals surface area contributed by atoms with Gasteiger partial charge in [0.25, 0.3) is 5.91 Å². The van der Waals surface area contributed by atoms with Crippen molar-refractivity contribution in [1.29, 1.82) is 0 Å². The number of carbonyl (C=O) groups is 1. The van der Waals surface area contributed by atoms with Gasteiger partial charge in [-0.1, -0.05) is 0 Å². The molecular weight excluding hydrogens is 210 g/mol. The van der Waals surface area contributed by atoms with Crippen LogP contribution in [-0.2, 0) is 7.05 Å². The topological polar surface area (TPSA) is 46.9 Å². The summed E-state index contributed by atoms with van der Waals surface area (Å²) in [5.41, 5.74) is 0.551. The zero-order valence-corrected chi connectivity index (χ0v) is 7.84. The van der Waals surface area contributed by atoms with Crippen molar-refractivity contribution in [1.82, 2.24) is 15.1 Å². The minimum absolute atomic E-state index is 0.134. The van der Waals surface area contributed by atoms with Crippen molar-refractivity contribution < 1.29 is 4.79 Å². The molecule has 0 aromatic carbocycles. The third-order valence-corrected chi connectivity index (χ3v) is 2.28. The molecule has 0 unspecified atom stereocenters. The Morgan fingerprint density at radius 3 is 2.82 bits per heavy atom. The second kappa shape index (κ2) is 3.04. The minimum atomic E-state index is -0.134. The first-order chi connectivity index (χ1) is 5.16. The van der Waals surface area contributed by atoms with Crippen LogP contribution in [0.25, 0.3) is 0 Å². The Balaban J connectivity index is 3.04. The van der Waals surface area contributed by atoms with Crippen molar-refractivity contribution in [2.75, 3.05) is 7.05 Å². The second-order valence-electron chi connectivity index (χ2n) is 2.05. The van der Waals surface area contributed by atoms with Gasteiger partial charge in [0.2, 0.25) is 0 Å². The molecule has 1 amide bonds. The van der Waals surface area contributed by atoms with Crippen LogP contribution in [0.15, 0.2) is 10.8 Å². The first-order valence-corrected chi connectivity index (χ1v) is 3.85. The molecular formula is C6H8BrN3O. The Hall–Kier alpha value is -0.840. The number of amides is 1. The number of halogens is 1. The summed E-state index contributed by atoms with van der Waals surface area (Å²) in [7, 11) is 3.35. The van der Waals surface area contributed by atoms with Crippen molar-refractivity contribution in [2.24, 2.45) is 7.05 Å². The fourth-order valence-electron chi connectivity index (χ4n) is 0.710. The number of aromatic nitrogens is 2. The Morgan fingerprint density at radius 2 is 2.45 bits per heavy atom. The van der Waals surface area contributed by atoms with Gasteiger partial charge in [-0.15, -0.1) is 0 Å². The highest BCUT2D eigenvalue weighted by molar-refractivity contribution is 9.10. The van der Waals surface area contributed by atoms with Crippen LogP contribution in [0.3, 0.4) is 0 Å². The van der Waals surface area contributed by atoms with Gasteiger partial charge in [0.1, 0.15) is 4.60 Å². The molecule has 11 heavy (non-hydrogen) atoms. The molecule has 0 aliphatic carbocycles. The lowest BCUT2D eigenvalue weighted by molar-refractivity contribution is 0.0962. The Bertz CT molecular complexity index is 281. The lowest BCUT2D eigenvalue weighted by atomic mass is 10.3. The third-order valence-electron chi connectivity index (χ3n) is 1.34. The lowest BCUT2D eigenvalue weighted by Gasteiger charge is -1.95. The Morgan fingerprint density at radius 1 is 1.82 bits per heavy atom. The monoisotopic (exact) mass is 217 g/mol. The van der Waals surface area contributed by atoms with E-state index in [9.17, 15) is 4.79 Å². The highest BCUT2D eigenvalue weighted by atomic mass is 79.9. The standard InChI is InChI=1S/C6H8BrN3O/c1-8-6(11)4-3-9-10(2)5(4)7/h3H,1-2H3,(H,8,11). The van der Waals surface area contributed by atoms with E-state index in [0.29, 0.717) is 10.2 Å². The summed E-state index contributed by atoms with van der Waals surface area (Å²) in [6.45, 7) is 0. The predicted octanol–water partition coefficient (Wildman–Crippen LogP) is 0.542. The maximum Gasteiger partial charge on any atom is 0.255 e. The number of rotatable bonds is 1. The van der Waals surface area contributed by atoms with E-state index >= 15 is 0 Å². The van der Waals surface area contributed by atoms with E-state index in [1.807, 2.05) is 0 Å². The summed E-state index contributed by atoms with van der Waals surface area (Å²) >= 11 is 3.23. The van der Waals surface area contributed by atoms with Crippen LogP contribution < -0.4 is 5.32 Å². The van der Waals surface area contributed by atoms with Crippen molar-refractivity contribution in [3.05, 3.63) is 16.4 Å². The van der Waals surface area contributed by atoms with Gasteiger partial charge in [0.15, 0.2) is 0 Å². The van der Waals surface area contributed by atoms with Gasteiger partial charge in [-0.05, 0) is 15.9 Å². The summed E-state index contributed by atoms with van der Waals surface area (Å²) < 4.78 is 2.28. The number of hydrogen-bond donors (Lipinski definition) is 1. The first kappa shape index (κ1) is 8.26. The number of nitrogens with one attached hydrogen (secondary N) is 1. The van der Waals surface area contributed by atoms with E-state index < -0.39 is 0 Å². The largest absolute Gasteiger partial charge is 0.355 e. The van der Waals surface area contributed by atoms with Gasteiger partial charge in [0, 0.05) is 14.1 Å². The van der Waals surface area contributed by atoms with Crippen LogP contribution >= 0.6 is 15.9 Å². The summed E-state index contributed by atoms with van der Waals surface area (Å²) in [6, 6.07) is 0. The summed E-state index contributed by atoms with van der Waals surface area (Å²) in [5.74, 6) is -0.134. The van der Waals surface area contributed by atoms with Crippen molar-refractivity contribution in [3.8, 4) is 0 Å². The van der Waals surface area contributed by atoms with Gasteiger partial charge in [-0.2, -0.15) is 5.10 Å². The molecule has 1 rings (SSSR count). The van der Waals surface area contributed by atoms with Gasteiger partial charge in [-0.25, -0.2) is 0 Å². The molecule has 5 heteroatoms. The van der Waals surface area contributed by atoms with E-state index in [1.165, 1.54) is 6.20 Å². The third kappa shape index (κ3) is 1.42. The molecule has 0 saturated heterocycles. The van der Waals surface area contributed by atoms with Gasteiger partial charge in [0.05, 0.1) is 11.8 Å². The normalized spacial score (nSPS) is 9.73. The van der Waals surface area contributed by atoms with Crippen LogP contribution in [0.4, 0.5) is 0 Å². The molecule has 0 fully saturated rings. The zero-order chi connectivity index (χ0) is 8.43. The molecule has 60 valence electrons. The highest BCUT2D eigenvalue weighted by Gasteiger charge is 2.11. The number of nitrogens with zero attached hydrogens (tertiary/aromatic N) is 2.